The van der Waals surface area contributed by atoms with Gasteiger partial charge in [0.15, 0.2) is 14.9 Å². The van der Waals surface area contributed by atoms with Crippen molar-refractivity contribution in [3.63, 3.8) is 0 Å². The highest BCUT2D eigenvalue weighted by Crippen LogP contribution is 2.40. The van der Waals surface area contributed by atoms with Crippen LogP contribution in [0.1, 0.15) is 17.5 Å². The van der Waals surface area contributed by atoms with E-state index >= 15 is 0 Å². The molecule has 0 N–H and O–H groups in total. The number of rotatable bonds is 6. The number of pyridine rings is 2. The van der Waals surface area contributed by atoms with Gasteiger partial charge in [0.2, 0.25) is 5.91 Å². The Balaban J connectivity index is 1.29. The molecule has 36 heavy (non-hydrogen) atoms. The van der Waals surface area contributed by atoms with Gasteiger partial charge in [-0.1, -0.05) is 0 Å². The van der Waals surface area contributed by atoms with E-state index in [0.717, 1.165) is 35.4 Å². The lowest BCUT2D eigenvalue weighted by atomic mass is 10.2. The molecule has 188 valence electrons. The number of hydrogen-bond acceptors (Lipinski definition) is 8. The van der Waals surface area contributed by atoms with E-state index in [1.54, 1.807) is 25.5 Å². The number of hydrogen-bond donors (Lipinski definition) is 0. The van der Waals surface area contributed by atoms with Gasteiger partial charge in [-0.05, 0) is 48.4 Å². The summed E-state index contributed by atoms with van der Waals surface area (Å²) in [6.07, 6.45) is 7.14. The molecule has 1 aromatic carbocycles. The van der Waals surface area contributed by atoms with Gasteiger partial charge < -0.3 is 19.3 Å². The average molecular weight is 509 g/mol. The van der Waals surface area contributed by atoms with Crippen molar-refractivity contribution in [1.29, 1.82) is 0 Å². The molecule has 5 rings (SSSR count). The van der Waals surface area contributed by atoms with Crippen LogP contribution in [-0.4, -0.2) is 67.8 Å². The number of aromatic nitrogens is 2. The molecule has 3 aromatic rings. The van der Waals surface area contributed by atoms with Crippen molar-refractivity contribution in [2.45, 2.75) is 30.9 Å². The maximum absolute atomic E-state index is 12.7. The number of fused-ring (bicyclic) bond motifs is 1. The molecule has 1 fully saturated rings. The number of sulfone groups is 1. The molecule has 1 saturated heterocycles. The molecular weight excluding hydrogens is 480 g/mol. The summed E-state index contributed by atoms with van der Waals surface area (Å²) in [4.78, 5) is 24.8. The van der Waals surface area contributed by atoms with Crippen molar-refractivity contribution in [3.8, 4) is 11.5 Å². The van der Waals surface area contributed by atoms with Crippen molar-refractivity contribution in [1.82, 2.24) is 14.9 Å². The van der Waals surface area contributed by atoms with Gasteiger partial charge in [-0.2, -0.15) is 0 Å². The third-order valence-electron chi connectivity index (χ3n) is 6.38. The molecule has 2 aromatic heterocycles. The first kappa shape index (κ1) is 24.1. The van der Waals surface area contributed by atoms with Crippen LogP contribution in [0.5, 0.6) is 11.5 Å². The van der Waals surface area contributed by atoms with E-state index in [-0.39, 0.29) is 17.0 Å². The Morgan fingerprint density at radius 1 is 1.17 bits per heavy atom. The second-order valence-electron chi connectivity index (χ2n) is 9.12. The molecule has 0 bridgehead atoms. The zero-order valence-electron chi connectivity index (χ0n) is 20.3. The molecule has 1 atom stereocenters. The van der Waals surface area contributed by atoms with Gasteiger partial charge in [-0.3, -0.25) is 9.78 Å². The van der Waals surface area contributed by atoms with Crippen LogP contribution in [-0.2, 0) is 21.1 Å². The first-order chi connectivity index (χ1) is 17.3. The Kier molecular flexibility index (Phi) is 6.53. The van der Waals surface area contributed by atoms with E-state index in [0.29, 0.717) is 44.0 Å². The van der Waals surface area contributed by atoms with E-state index in [4.69, 9.17) is 9.47 Å². The SMILES string of the molecule is Cc1cc(N2CCOc3ccc(OC4CCN(C(=O)Cc5ccncc5)C4)cc32)cnc1S(C)(=O)=O. The van der Waals surface area contributed by atoms with E-state index in [1.807, 2.05) is 41.3 Å². The van der Waals surface area contributed by atoms with Crippen molar-refractivity contribution < 1.29 is 22.7 Å². The Morgan fingerprint density at radius 3 is 2.72 bits per heavy atom. The molecular formula is C26H28N4O5S. The molecule has 0 saturated carbocycles. The summed E-state index contributed by atoms with van der Waals surface area (Å²) in [6.45, 7) is 4.03. The molecule has 1 unspecified atom stereocenters. The summed E-state index contributed by atoms with van der Waals surface area (Å²) < 4.78 is 36.0. The van der Waals surface area contributed by atoms with Crippen LogP contribution in [0.4, 0.5) is 11.4 Å². The van der Waals surface area contributed by atoms with Crippen LogP contribution in [0, 0.1) is 6.92 Å². The molecule has 2 aliphatic heterocycles. The average Bonchev–Trinajstić information content (AvgIpc) is 3.32. The fourth-order valence-corrected chi connectivity index (χ4v) is 5.54. The Hall–Kier alpha value is -3.66. The predicted octanol–water partition coefficient (Wildman–Crippen LogP) is 2.94. The standard InChI is InChI=1S/C26H28N4O5S/c1-18-13-20(16-28-26(18)36(2,32)33)30-11-12-34-24-4-3-21(15-23(24)30)35-22-7-10-29(17-22)25(31)14-19-5-8-27-9-6-19/h3-6,8-9,13,15-16,22H,7,10-12,14,17H2,1-2H3. The van der Waals surface area contributed by atoms with Gasteiger partial charge in [0.25, 0.3) is 0 Å². The van der Waals surface area contributed by atoms with Crippen LogP contribution < -0.4 is 14.4 Å². The van der Waals surface area contributed by atoms with Crippen molar-refractivity contribution in [2.24, 2.45) is 0 Å². The summed E-state index contributed by atoms with van der Waals surface area (Å²) in [5.74, 6) is 1.49. The summed E-state index contributed by atoms with van der Waals surface area (Å²) in [5, 5.41) is 0.0843. The van der Waals surface area contributed by atoms with E-state index < -0.39 is 9.84 Å². The summed E-state index contributed by atoms with van der Waals surface area (Å²) in [7, 11) is -3.40. The van der Waals surface area contributed by atoms with Gasteiger partial charge in [0.1, 0.15) is 24.2 Å². The van der Waals surface area contributed by atoms with Crippen LogP contribution in [0.15, 0.2) is 60.0 Å². The number of amides is 1. The quantitative estimate of drug-likeness (QED) is 0.501. The first-order valence-corrected chi connectivity index (χ1v) is 13.7. The largest absolute Gasteiger partial charge is 0.490 e. The van der Waals surface area contributed by atoms with E-state index in [2.05, 4.69) is 14.9 Å². The van der Waals surface area contributed by atoms with E-state index in [9.17, 15) is 13.2 Å². The van der Waals surface area contributed by atoms with Gasteiger partial charge >= 0.3 is 0 Å². The lowest BCUT2D eigenvalue weighted by Gasteiger charge is -2.32. The second-order valence-corrected chi connectivity index (χ2v) is 11.0. The molecule has 0 radical (unpaired) electrons. The fraction of sp³-hybridized carbons (Fsp3) is 0.346. The number of nitrogens with zero attached hydrogens (tertiary/aromatic N) is 4. The predicted molar refractivity (Wildman–Crippen MR) is 135 cm³/mol. The summed E-state index contributed by atoms with van der Waals surface area (Å²) in [6, 6.07) is 11.2. The lowest BCUT2D eigenvalue weighted by molar-refractivity contribution is -0.129. The summed E-state index contributed by atoms with van der Waals surface area (Å²) in [5.41, 5.74) is 3.16. The highest BCUT2D eigenvalue weighted by atomic mass is 32.2. The number of aryl methyl sites for hydroxylation is 1. The molecule has 0 spiro atoms. The third kappa shape index (κ3) is 5.13. The van der Waals surface area contributed by atoms with Gasteiger partial charge in [-0.25, -0.2) is 13.4 Å². The smallest absolute Gasteiger partial charge is 0.227 e. The minimum atomic E-state index is -3.40. The monoisotopic (exact) mass is 508 g/mol. The topological polar surface area (TPSA) is 102 Å². The van der Waals surface area contributed by atoms with Crippen LogP contribution in [0.25, 0.3) is 0 Å². The number of carbonyl (C=O) groups excluding carboxylic acids is 1. The van der Waals surface area contributed by atoms with Gasteiger partial charge in [0.05, 0.1) is 37.1 Å². The zero-order chi connectivity index (χ0) is 25.3. The maximum atomic E-state index is 12.7. The lowest BCUT2D eigenvalue weighted by Crippen LogP contribution is -2.32. The zero-order valence-corrected chi connectivity index (χ0v) is 21.1. The van der Waals surface area contributed by atoms with E-state index in [1.165, 1.54) is 0 Å². The van der Waals surface area contributed by atoms with Crippen molar-refractivity contribution in [3.05, 3.63) is 66.1 Å². The number of anilines is 2. The van der Waals surface area contributed by atoms with Crippen LogP contribution >= 0.6 is 0 Å². The van der Waals surface area contributed by atoms with Crippen molar-refractivity contribution in [2.75, 3.05) is 37.4 Å². The third-order valence-corrected chi connectivity index (χ3v) is 7.51. The highest BCUT2D eigenvalue weighted by Gasteiger charge is 2.28. The Morgan fingerprint density at radius 2 is 1.97 bits per heavy atom. The number of benzene rings is 1. The molecule has 1 amide bonds. The summed E-state index contributed by atoms with van der Waals surface area (Å²) >= 11 is 0. The Labute approximate surface area is 210 Å². The van der Waals surface area contributed by atoms with Gasteiger partial charge in [0, 0.05) is 37.7 Å². The van der Waals surface area contributed by atoms with Gasteiger partial charge in [-0.15, -0.1) is 0 Å². The maximum Gasteiger partial charge on any atom is 0.227 e. The highest BCUT2D eigenvalue weighted by molar-refractivity contribution is 7.90. The Bertz CT molecular complexity index is 1380. The molecule has 2 aliphatic rings. The first-order valence-electron chi connectivity index (χ1n) is 11.8. The number of carbonyl (C=O) groups is 1. The molecule has 10 heteroatoms. The number of ether oxygens (including phenoxy) is 2. The van der Waals surface area contributed by atoms with Crippen molar-refractivity contribution >= 4 is 27.1 Å². The second kappa shape index (κ2) is 9.77. The fourth-order valence-electron chi connectivity index (χ4n) is 4.65. The minimum absolute atomic E-state index is 0.0812. The normalized spacial score (nSPS) is 17.4. The van der Waals surface area contributed by atoms with Crippen LogP contribution in [0.2, 0.25) is 0 Å². The molecule has 4 heterocycles. The minimum Gasteiger partial charge on any atom is -0.490 e. The number of likely N-dealkylation sites (tertiary alicyclic amines) is 1. The molecule has 0 aliphatic carbocycles. The molecule has 9 nitrogen and oxygen atoms in total. The van der Waals surface area contributed by atoms with Crippen LogP contribution in [0.3, 0.4) is 0 Å².